The number of halogens is 1. The van der Waals surface area contributed by atoms with Crippen LogP contribution in [0.25, 0.3) is 106 Å². The third-order valence-corrected chi connectivity index (χ3v) is 19.0. The molecule has 1 atom stereocenters. The minimum atomic E-state index is -2.32. The summed E-state index contributed by atoms with van der Waals surface area (Å²) in [7, 11) is -2.32. The van der Waals surface area contributed by atoms with E-state index < -0.39 is 20.1 Å². The van der Waals surface area contributed by atoms with Crippen molar-refractivity contribution in [1.82, 2.24) is 4.57 Å². The van der Waals surface area contributed by atoms with E-state index in [0.717, 1.165) is 149 Å². The first-order chi connectivity index (χ1) is 38.5. The van der Waals surface area contributed by atoms with Crippen molar-refractivity contribution >= 4 is 46.2 Å². The number of rotatable bonds is 8. The fourth-order valence-corrected chi connectivity index (χ4v) is 15.0. The zero-order valence-electron chi connectivity index (χ0n) is 45.5. The molecule has 0 amide bonds. The Hall–Kier alpha value is -8.45. The third-order valence-electron chi connectivity index (χ3n) is 16.9. The Labute approximate surface area is 452 Å². The molecule has 0 bridgehead atoms. The summed E-state index contributed by atoms with van der Waals surface area (Å²) in [5.41, 5.74) is 17.3. The highest BCUT2D eigenvalue weighted by Crippen LogP contribution is 2.55. The second-order valence-electron chi connectivity index (χ2n) is 22.5. The van der Waals surface area contributed by atoms with Crippen molar-refractivity contribution in [2.24, 2.45) is 5.92 Å². The van der Waals surface area contributed by atoms with Gasteiger partial charge in [-0.25, -0.2) is 4.39 Å². The summed E-state index contributed by atoms with van der Waals surface area (Å²) in [5, 5.41) is 3.06. The second-order valence-corrected chi connectivity index (χ2v) is 27.5. The number of imidazole rings is 1. The number of pyridine rings is 1. The van der Waals surface area contributed by atoms with E-state index >= 15 is 4.39 Å². The monoisotopic (exact) mass is 1020 g/mol. The highest BCUT2D eigenvalue weighted by atomic mass is 28.3. The molecule has 15 rings (SSSR count). The summed E-state index contributed by atoms with van der Waals surface area (Å²) in [4.78, 5) is 0. The lowest BCUT2D eigenvalue weighted by atomic mass is 9.85. The fraction of sp³-hybridized carbons (Fsp3) is 0.155. The zero-order chi connectivity index (χ0) is 53.4. The third kappa shape index (κ3) is 6.94. The molecule has 77 heavy (non-hydrogen) atoms. The molecule has 0 saturated heterocycles. The van der Waals surface area contributed by atoms with Crippen molar-refractivity contribution in [2.45, 2.75) is 63.8 Å². The fourth-order valence-electron chi connectivity index (χ4n) is 13.5. The Morgan fingerprint density at radius 3 is 1.99 bits per heavy atom. The van der Waals surface area contributed by atoms with Crippen molar-refractivity contribution < 1.29 is 20.7 Å². The standard InChI is InChI=1S/C71H58FN3OSi/c1-77(2,3)66-45-73-64(42-52(66)40-46-22-8-4-9-23-46)54-31-16-18-32-58(54)71(73)59-44-57(49-28-14-7-15-29-49)67-55-38-36-51(53-30-17-19-33-60(53)72)43-65(55)76-69(67)68(59)70-74(62-34-20-21-35-63(62)75(70)71)61-39-37-50(47-24-10-5-11-25-47)41-56(61)48-26-12-6-13-27-48/h5-7,10-21,24-39,41-46H,4,8-9,22-23,40H2,1-3H3/q+2/i40D2. The van der Waals surface area contributed by atoms with Crippen molar-refractivity contribution in [3.63, 3.8) is 0 Å². The molecule has 3 aliphatic rings. The minimum absolute atomic E-state index is 0.0584. The molecule has 9 aromatic carbocycles. The molecule has 3 aromatic heterocycles. The van der Waals surface area contributed by atoms with Crippen molar-refractivity contribution in [1.29, 1.82) is 0 Å². The van der Waals surface area contributed by atoms with Crippen LogP contribution in [0.4, 0.5) is 4.39 Å². The van der Waals surface area contributed by atoms with Crippen LogP contribution in [-0.2, 0) is 12.0 Å². The zero-order valence-corrected chi connectivity index (χ0v) is 44.5. The lowest BCUT2D eigenvalue weighted by Crippen LogP contribution is -2.72. The van der Waals surface area contributed by atoms with E-state index in [9.17, 15) is 2.74 Å². The quantitative estimate of drug-likeness (QED) is 0.110. The minimum Gasteiger partial charge on any atom is -0.455 e. The van der Waals surface area contributed by atoms with Gasteiger partial charge in [-0.15, -0.1) is 9.13 Å². The smallest absolute Gasteiger partial charge is 0.364 e. The van der Waals surface area contributed by atoms with Gasteiger partial charge in [0.1, 0.15) is 22.7 Å². The van der Waals surface area contributed by atoms with Crippen molar-refractivity contribution in [2.75, 3.05) is 0 Å². The average Bonchev–Trinajstić information content (AvgIpc) is 1.69. The van der Waals surface area contributed by atoms with Crippen LogP contribution in [-0.4, -0.2) is 12.6 Å². The van der Waals surface area contributed by atoms with E-state index in [4.69, 9.17) is 4.42 Å². The Morgan fingerprint density at radius 1 is 0.597 bits per heavy atom. The van der Waals surface area contributed by atoms with Gasteiger partial charge in [-0.2, -0.15) is 4.57 Å². The molecule has 4 nitrogen and oxygen atoms in total. The first kappa shape index (κ1) is 43.8. The molecule has 2 aliphatic heterocycles. The van der Waals surface area contributed by atoms with E-state index in [1.54, 1.807) is 6.07 Å². The molecule has 0 N–H and O–H groups in total. The number of benzene rings is 9. The number of fused-ring (bicyclic) bond motifs is 16. The van der Waals surface area contributed by atoms with Crippen LogP contribution in [0.5, 0.6) is 0 Å². The highest BCUT2D eigenvalue weighted by molar-refractivity contribution is 6.89. The van der Waals surface area contributed by atoms with Gasteiger partial charge in [-0.05, 0) is 112 Å². The van der Waals surface area contributed by atoms with E-state index in [-0.39, 0.29) is 11.7 Å². The number of furan rings is 1. The van der Waals surface area contributed by atoms with Gasteiger partial charge < -0.3 is 4.42 Å². The van der Waals surface area contributed by atoms with Gasteiger partial charge in [-0.3, -0.25) is 0 Å². The Kier molecular flexibility index (Phi) is 9.97. The van der Waals surface area contributed by atoms with Crippen LogP contribution in [0.1, 0.15) is 51.5 Å². The molecular formula is C71H58FN3OSi+2. The summed E-state index contributed by atoms with van der Waals surface area (Å²) < 4.78 is 51.4. The number of nitrogens with zero attached hydrogens (tertiary/aromatic N) is 3. The van der Waals surface area contributed by atoms with E-state index in [0.29, 0.717) is 11.1 Å². The normalized spacial score (nSPS) is 16.4. The molecule has 1 spiro atoms. The molecule has 1 fully saturated rings. The van der Waals surface area contributed by atoms with Gasteiger partial charge in [0.2, 0.25) is 5.69 Å². The number of hydrogen-bond donors (Lipinski definition) is 0. The molecule has 0 radical (unpaired) electrons. The average molecular weight is 1020 g/mol. The molecule has 372 valence electrons. The van der Waals surface area contributed by atoms with Gasteiger partial charge in [0.25, 0.3) is 0 Å². The van der Waals surface area contributed by atoms with Crippen molar-refractivity contribution in [3.8, 4) is 72.8 Å². The molecule has 1 saturated carbocycles. The first-order valence-corrected chi connectivity index (χ1v) is 30.9. The lowest BCUT2D eigenvalue weighted by molar-refractivity contribution is -0.944. The van der Waals surface area contributed by atoms with E-state index in [1.807, 2.05) is 24.3 Å². The molecule has 5 heterocycles. The summed E-state index contributed by atoms with van der Waals surface area (Å²) >= 11 is 0. The SMILES string of the molecule is [2H]C([2H])(c1cc2[n+](cc1[Si](C)(C)C)C1(c3ccccc3-2)c2cc(-c3ccccc3)c3c(oc4cc(-c5ccccc5F)ccc43)c2-c2n(-c3ccc(-c4ccccc4)cc3-c3ccccc3)c3ccccc3[n+]21)C1CCCCC1. The summed E-state index contributed by atoms with van der Waals surface area (Å²) in [5.74, 6) is 0.620. The second kappa shape index (κ2) is 17.6. The lowest BCUT2D eigenvalue weighted by Gasteiger charge is -2.27. The van der Waals surface area contributed by atoms with Crippen LogP contribution < -0.4 is 14.3 Å². The van der Waals surface area contributed by atoms with Crippen LogP contribution >= 0.6 is 0 Å². The maximum absolute atomic E-state index is 15.7. The molecule has 6 heteroatoms. The number of para-hydroxylation sites is 2. The van der Waals surface area contributed by atoms with E-state index in [2.05, 4.69) is 215 Å². The predicted molar refractivity (Wildman–Crippen MR) is 315 cm³/mol. The maximum atomic E-state index is 15.7. The van der Waals surface area contributed by atoms with Gasteiger partial charge in [0.15, 0.2) is 22.8 Å². The maximum Gasteiger partial charge on any atom is 0.364 e. The summed E-state index contributed by atoms with van der Waals surface area (Å²) in [6, 6.07) is 74.4. The van der Waals surface area contributed by atoms with Crippen LogP contribution in [0.3, 0.4) is 0 Å². The highest BCUT2D eigenvalue weighted by Gasteiger charge is 2.67. The largest absolute Gasteiger partial charge is 0.455 e. The van der Waals surface area contributed by atoms with Crippen LogP contribution in [0.2, 0.25) is 19.6 Å². The van der Waals surface area contributed by atoms with Crippen LogP contribution in [0, 0.1) is 11.7 Å². The molecule has 1 aliphatic carbocycles. The van der Waals surface area contributed by atoms with E-state index in [1.165, 1.54) is 6.07 Å². The summed E-state index contributed by atoms with van der Waals surface area (Å²) in [6.07, 6.45) is 5.93. The Morgan fingerprint density at radius 2 is 1.25 bits per heavy atom. The van der Waals surface area contributed by atoms with Crippen LogP contribution in [0.15, 0.2) is 223 Å². The number of aromatic nitrogens is 3. The predicted octanol–water partition coefficient (Wildman–Crippen LogP) is 16.8. The molecule has 1 unspecified atom stereocenters. The first-order valence-electron chi connectivity index (χ1n) is 28.4. The topological polar surface area (TPSA) is 25.8 Å². The Bertz CT molecular complexity index is 4440. The summed E-state index contributed by atoms with van der Waals surface area (Å²) in [6.45, 7) is 7.13. The van der Waals surface area contributed by atoms with Gasteiger partial charge in [0.05, 0.1) is 24.8 Å². The number of hydrogen-bond acceptors (Lipinski definition) is 1. The molecular weight excluding hydrogens is 958 g/mol. The van der Waals surface area contributed by atoms with Gasteiger partial charge in [0, 0.05) is 35.9 Å². The van der Waals surface area contributed by atoms with Gasteiger partial charge >= 0.3 is 11.5 Å². The molecule has 12 aromatic rings. The Balaban J connectivity index is 1.14. The van der Waals surface area contributed by atoms with Gasteiger partial charge in [-0.1, -0.05) is 197 Å². The van der Waals surface area contributed by atoms with Crippen molar-refractivity contribution in [3.05, 3.63) is 241 Å².